The Morgan fingerprint density at radius 3 is 2.61 bits per heavy atom. The Balaban J connectivity index is 1.52. The standard InChI is InChI=1S/C25H23F3N6O2/c1-13-29-12-34(33-13)18-9-8-16(10-19(18)36-23(27)28)30-24-31-21-17(14-4-6-15(26)7-5-14)11-25(2,3)20(21)22(35)32-24/h4-10,12,17,23H,11H2,1-3H3,(H2,30,31,32,35). The fraction of sp³-hybridized carbons (Fsp3) is 0.280. The highest BCUT2D eigenvalue weighted by Gasteiger charge is 2.41. The maximum absolute atomic E-state index is 13.5. The van der Waals surface area contributed by atoms with Gasteiger partial charge in [-0.1, -0.05) is 26.0 Å². The van der Waals surface area contributed by atoms with Crippen molar-refractivity contribution in [2.45, 2.75) is 45.1 Å². The first-order valence-electron chi connectivity index (χ1n) is 11.3. The summed E-state index contributed by atoms with van der Waals surface area (Å²) in [6.45, 7) is 2.56. The van der Waals surface area contributed by atoms with Crippen molar-refractivity contribution in [3.05, 3.63) is 87.6 Å². The van der Waals surface area contributed by atoms with E-state index in [1.807, 2.05) is 13.8 Å². The fourth-order valence-corrected chi connectivity index (χ4v) is 4.71. The predicted octanol–water partition coefficient (Wildman–Crippen LogP) is 4.96. The summed E-state index contributed by atoms with van der Waals surface area (Å²) in [5, 5.41) is 7.13. The van der Waals surface area contributed by atoms with Crippen LogP contribution in [0, 0.1) is 12.7 Å². The van der Waals surface area contributed by atoms with Gasteiger partial charge < -0.3 is 10.1 Å². The summed E-state index contributed by atoms with van der Waals surface area (Å²) in [5.41, 5.74) is 1.92. The van der Waals surface area contributed by atoms with Crippen molar-refractivity contribution < 1.29 is 17.9 Å². The summed E-state index contributed by atoms with van der Waals surface area (Å²) in [7, 11) is 0. The first-order valence-corrected chi connectivity index (χ1v) is 11.3. The molecule has 4 aromatic rings. The van der Waals surface area contributed by atoms with Gasteiger partial charge in [0.1, 0.15) is 23.7 Å². The number of anilines is 2. The van der Waals surface area contributed by atoms with Crippen molar-refractivity contribution in [1.29, 1.82) is 0 Å². The molecule has 8 nitrogen and oxygen atoms in total. The van der Waals surface area contributed by atoms with Crippen molar-refractivity contribution in [3.8, 4) is 11.4 Å². The molecule has 0 saturated heterocycles. The number of fused-ring (bicyclic) bond motifs is 1. The zero-order chi connectivity index (χ0) is 25.6. The smallest absolute Gasteiger partial charge is 0.387 e. The SMILES string of the molecule is Cc1ncn(-c2ccc(Nc3nc4c(c(=O)[nH]3)C(C)(C)CC4c3ccc(F)cc3)cc2OC(F)F)n1. The quantitative estimate of drug-likeness (QED) is 0.392. The number of rotatable bonds is 6. The van der Waals surface area contributed by atoms with E-state index in [1.54, 1.807) is 31.2 Å². The highest BCUT2D eigenvalue weighted by Crippen LogP contribution is 2.46. The van der Waals surface area contributed by atoms with Crippen molar-refractivity contribution in [2.75, 3.05) is 5.32 Å². The van der Waals surface area contributed by atoms with Gasteiger partial charge in [-0.2, -0.15) is 13.9 Å². The van der Waals surface area contributed by atoms with E-state index in [1.165, 1.54) is 29.2 Å². The van der Waals surface area contributed by atoms with E-state index in [0.717, 1.165) is 5.56 Å². The molecule has 2 N–H and O–H groups in total. The average Bonchev–Trinajstić information content (AvgIpc) is 3.34. The number of ether oxygens (including phenoxy) is 1. The molecule has 0 spiro atoms. The minimum absolute atomic E-state index is 0.131. The van der Waals surface area contributed by atoms with Gasteiger partial charge in [0.05, 0.1) is 5.69 Å². The fourth-order valence-electron chi connectivity index (χ4n) is 4.71. The third kappa shape index (κ3) is 4.43. The summed E-state index contributed by atoms with van der Waals surface area (Å²) in [6.07, 6.45) is 2.03. The second-order valence-electron chi connectivity index (χ2n) is 9.29. The number of nitrogens with one attached hydrogen (secondary N) is 2. The molecular formula is C25H23F3N6O2. The molecule has 0 radical (unpaired) electrons. The number of aromatic amines is 1. The Kier molecular flexibility index (Phi) is 5.77. The molecule has 11 heteroatoms. The van der Waals surface area contributed by atoms with Gasteiger partial charge in [0.25, 0.3) is 5.56 Å². The molecule has 0 fully saturated rings. The molecule has 2 heterocycles. The minimum atomic E-state index is -3.06. The molecule has 2 aromatic heterocycles. The van der Waals surface area contributed by atoms with Gasteiger partial charge in [-0.25, -0.2) is 19.0 Å². The Morgan fingerprint density at radius 1 is 1.19 bits per heavy atom. The van der Waals surface area contributed by atoms with Crippen LogP contribution in [0.15, 0.2) is 53.6 Å². The van der Waals surface area contributed by atoms with Crippen LogP contribution < -0.4 is 15.6 Å². The maximum atomic E-state index is 13.5. The lowest BCUT2D eigenvalue weighted by Gasteiger charge is -2.18. The molecule has 1 unspecified atom stereocenters. The molecule has 36 heavy (non-hydrogen) atoms. The highest BCUT2D eigenvalue weighted by atomic mass is 19.3. The van der Waals surface area contributed by atoms with Gasteiger partial charge in [0, 0.05) is 23.2 Å². The number of halogens is 3. The lowest BCUT2D eigenvalue weighted by Crippen LogP contribution is -2.25. The average molecular weight is 496 g/mol. The Morgan fingerprint density at radius 2 is 1.94 bits per heavy atom. The largest absolute Gasteiger partial charge is 0.432 e. The molecule has 0 bridgehead atoms. The molecule has 186 valence electrons. The topological polar surface area (TPSA) is 97.7 Å². The molecule has 1 atom stereocenters. The second-order valence-corrected chi connectivity index (χ2v) is 9.29. The third-order valence-corrected chi connectivity index (χ3v) is 6.23. The number of aryl methyl sites for hydroxylation is 1. The summed E-state index contributed by atoms with van der Waals surface area (Å²) >= 11 is 0. The van der Waals surface area contributed by atoms with Gasteiger partial charge >= 0.3 is 6.61 Å². The predicted molar refractivity (Wildman–Crippen MR) is 127 cm³/mol. The normalized spacial score (nSPS) is 16.2. The van der Waals surface area contributed by atoms with Crippen LogP contribution >= 0.6 is 0 Å². The van der Waals surface area contributed by atoms with Gasteiger partial charge in [-0.3, -0.25) is 9.78 Å². The van der Waals surface area contributed by atoms with Crippen LogP contribution in [0.2, 0.25) is 0 Å². The van der Waals surface area contributed by atoms with Crippen molar-refractivity contribution >= 4 is 11.6 Å². The van der Waals surface area contributed by atoms with E-state index in [0.29, 0.717) is 29.2 Å². The van der Waals surface area contributed by atoms with Crippen molar-refractivity contribution in [3.63, 3.8) is 0 Å². The maximum Gasteiger partial charge on any atom is 0.387 e. The number of H-pyrrole nitrogens is 1. The lowest BCUT2D eigenvalue weighted by molar-refractivity contribution is -0.0498. The first-order chi connectivity index (χ1) is 17.1. The van der Waals surface area contributed by atoms with E-state index in [2.05, 4.69) is 25.4 Å². The van der Waals surface area contributed by atoms with E-state index < -0.39 is 12.0 Å². The van der Waals surface area contributed by atoms with E-state index in [4.69, 9.17) is 4.74 Å². The molecule has 5 rings (SSSR count). The molecular weight excluding hydrogens is 473 g/mol. The molecule has 1 aliphatic rings. The number of benzene rings is 2. The molecule has 2 aromatic carbocycles. The zero-order valence-corrected chi connectivity index (χ0v) is 19.7. The first kappa shape index (κ1) is 23.6. The minimum Gasteiger partial charge on any atom is -0.432 e. The molecule has 0 saturated carbocycles. The van der Waals surface area contributed by atoms with Gasteiger partial charge in [-0.15, -0.1) is 0 Å². The summed E-state index contributed by atoms with van der Waals surface area (Å²) in [5.74, 6) is -0.0544. The number of hydrogen-bond acceptors (Lipinski definition) is 6. The summed E-state index contributed by atoms with van der Waals surface area (Å²) in [4.78, 5) is 24.5. The Labute approximate surface area is 204 Å². The van der Waals surface area contributed by atoms with Crippen LogP contribution in [-0.2, 0) is 5.41 Å². The molecule has 1 aliphatic carbocycles. The Hall–Kier alpha value is -4.15. The number of nitrogens with zero attached hydrogens (tertiary/aromatic N) is 4. The second kappa shape index (κ2) is 8.81. The van der Waals surface area contributed by atoms with Crippen molar-refractivity contribution in [1.82, 2.24) is 24.7 Å². The summed E-state index contributed by atoms with van der Waals surface area (Å²) < 4.78 is 45.8. The Bertz CT molecular complexity index is 1480. The third-order valence-electron chi connectivity index (χ3n) is 6.23. The highest BCUT2D eigenvalue weighted by molar-refractivity contribution is 5.62. The van der Waals surface area contributed by atoms with Crippen LogP contribution in [0.25, 0.3) is 5.69 Å². The van der Waals surface area contributed by atoms with Crippen LogP contribution in [0.3, 0.4) is 0 Å². The molecule has 0 aliphatic heterocycles. The van der Waals surface area contributed by atoms with E-state index in [-0.39, 0.29) is 34.7 Å². The molecule has 0 amide bonds. The van der Waals surface area contributed by atoms with Crippen LogP contribution in [0.5, 0.6) is 5.75 Å². The zero-order valence-electron chi connectivity index (χ0n) is 19.7. The van der Waals surface area contributed by atoms with Crippen LogP contribution in [-0.4, -0.2) is 31.3 Å². The number of hydrogen-bond donors (Lipinski definition) is 2. The lowest BCUT2D eigenvalue weighted by atomic mass is 9.85. The van der Waals surface area contributed by atoms with E-state index >= 15 is 0 Å². The van der Waals surface area contributed by atoms with Gasteiger partial charge in [0.2, 0.25) is 5.95 Å². The van der Waals surface area contributed by atoms with Crippen LogP contribution in [0.4, 0.5) is 24.8 Å². The van der Waals surface area contributed by atoms with Gasteiger partial charge in [-0.05, 0) is 48.6 Å². The summed E-state index contributed by atoms with van der Waals surface area (Å²) in [6, 6.07) is 10.7. The van der Waals surface area contributed by atoms with Crippen molar-refractivity contribution in [2.24, 2.45) is 0 Å². The van der Waals surface area contributed by atoms with Crippen LogP contribution in [0.1, 0.15) is 48.8 Å². The van der Waals surface area contributed by atoms with E-state index in [9.17, 15) is 18.0 Å². The monoisotopic (exact) mass is 496 g/mol. The number of alkyl halides is 2. The number of aromatic nitrogens is 5. The van der Waals surface area contributed by atoms with Gasteiger partial charge in [0.15, 0.2) is 5.75 Å².